The molecule has 0 N–H and O–H groups in total. The summed E-state index contributed by atoms with van der Waals surface area (Å²) >= 11 is 11.6. The molecule has 2 saturated heterocycles. The number of halogens is 1. The lowest BCUT2D eigenvalue weighted by molar-refractivity contribution is -0.135. The van der Waals surface area contributed by atoms with Crippen molar-refractivity contribution < 1.29 is 9.59 Å². The molecule has 3 aromatic rings. The van der Waals surface area contributed by atoms with Crippen molar-refractivity contribution in [1.82, 2.24) is 14.4 Å². The lowest BCUT2D eigenvalue weighted by Gasteiger charge is -2.33. The van der Waals surface area contributed by atoms with E-state index >= 15 is 0 Å². The molecule has 6 nitrogen and oxygen atoms in total. The Hall–Kier alpha value is -3.16. The predicted molar refractivity (Wildman–Crippen MR) is 144 cm³/mol. The molecule has 2 fully saturated rings. The molecule has 2 aliphatic heterocycles. The van der Waals surface area contributed by atoms with Crippen LogP contribution in [0.15, 0.2) is 60.4 Å². The number of likely N-dealkylation sites (N-methyl/N-ethyl adjacent to an activating group) is 1. The van der Waals surface area contributed by atoms with Gasteiger partial charge in [0.05, 0.1) is 5.69 Å². The second kappa shape index (κ2) is 9.47. The number of para-hydroxylation sites is 1. The molecular weight excluding hydrogens is 480 g/mol. The van der Waals surface area contributed by atoms with Crippen LogP contribution in [0.25, 0.3) is 17.0 Å². The van der Waals surface area contributed by atoms with Crippen LogP contribution < -0.4 is 4.90 Å². The minimum atomic E-state index is -0.199. The number of anilines is 1. The third-order valence-corrected chi connectivity index (χ3v) is 7.60. The molecule has 2 aliphatic rings. The Morgan fingerprint density at radius 3 is 2.63 bits per heavy atom. The van der Waals surface area contributed by atoms with Crippen LogP contribution in [0.1, 0.15) is 31.7 Å². The fraction of sp³-hybridized carbons (Fsp3) is 0.296. The number of piperidine rings is 1. The van der Waals surface area contributed by atoms with E-state index in [9.17, 15) is 9.59 Å². The van der Waals surface area contributed by atoms with Gasteiger partial charge in [-0.2, -0.15) is 0 Å². The SMILES string of the molecule is C[C@H]1CCCCN1C(=O)Cn1cc(/C=C2/C(=O)N(c3ccc(Cl)cc3)C(=S)N2C)c2ccccc21. The van der Waals surface area contributed by atoms with Gasteiger partial charge in [0.2, 0.25) is 5.91 Å². The van der Waals surface area contributed by atoms with Gasteiger partial charge in [0, 0.05) is 47.3 Å². The lowest BCUT2D eigenvalue weighted by Crippen LogP contribution is -2.43. The monoisotopic (exact) mass is 506 g/mol. The number of rotatable bonds is 4. The number of benzene rings is 2. The number of aromatic nitrogens is 1. The number of amides is 2. The van der Waals surface area contributed by atoms with Gasteiger partial charge in [0.25, 0.3) is 5.91 Å². The molecule has 0 spiro atoms. The first-order valence-electron chi connectivity index (χ1n) is 11.8. The van der Waals surface area contributed by atoms with Gasteiger partial charge >= 0.3 is 0 Å². The Morgan fingerprint density at radius 1 is 1.14 bits per heavy atom. The van der Waals surface area contributed by atoms with Crippen LogP contribution in [-0.4, -0.2) is 50.9 Å². The summed E-state index contributed by atoms with van der Waals surface area (Å²) in [6, 6.07) is 15.3. The number of thiocarbonyl (C=S) groups is 1. The van der Waals surface area contributed by atoms with Crippen molar-refractivity contribution in [3.63, 3.8) is 0 Å². The van der Waals surface area contributed by atoms with Gasteiger partial charge in [-0.1, -0.05) is 29.8 Å². The minimum Gasteiger partial charge on any atom is -0.338 e. The molecule has 180 valence electrons. The van der Waals surface area contributed by atoms with Crippen molar-refractivity contribution in [2.75, 3.05) is 18.5 Å². The molecule has 1 atom stereocenters. The van der Waals surface area contributed by atoms with E-state index in [0.29, 0.717) is 21.5 Å². The largest absolute Gasteiger partial charge is 0.338 e. The fourth-order valence-corrected chi connectivity index (χ4v) is 5.36. The second-order valence-corrected chi connectivity index (χ2v) is 9.95. The zero-order valence-corrected chi connectivity index (χ0v) is 21.4. The van der Waals surface area contributed by atoms with Crippen LogP contribution in [0.5, 0.6) is 0 Å². The number of hydrogen-bond donors (Lipinski definition) is 0. The van der Waals surface area contributed by atoms with Gasteiger partial charge in [-0.05, 0) is 74.8 Å². The maximum absolute atomic E-state index is 13.4. The fourth-order valence-electron chi connectivity index (χ4n) is 4.95. The van der Waals surface area contributed by atoms with Crippen molar-refractivity contribution in [1.29, 1.82) is 0 Å². The summed E-state index contributed by atoms with van der Waals surface area (Å²) in [5.41, 5.74) is 2.98. The number of nitrogens with zero attached hydrogens (tertiary/aromatic N) is 4. The predicted octanol–water partition coefficient (Wildman–Crippen LogP) is 5.30. The van der Waals surface area contributed by atoms with Crippen molar-refractivity contribution >= 4 is 63.4 Å². The number of likely N-dealkylation sites (tertiary alicyclic amines) is 1. The maximum atomic E-state index is 13.4. The van der Waals surface area contributed by atoms with E-state index in [1.807, 2.05) is 46.0 Å². The third kappa shape index (κ3) is 4.34. The molecule has 5 rings (SSSR count). The van der Waals surface area contributed by atoms with E-state index in [4.69, 9.17) is 23.8 Å². The van der Waals surface area contributed by atoms with Gasteiger partial charge in [-0.15, -0.1) is 0 Å². The van der Waals surface area contributed by atoms with Crippen molar-refractivity contribution in [2.24, 2.45) is 0 Å². The number of carbonyl (C=O) groups excluding carboxylic acids is 2. The molecule has 1 aromatic heterocycles. The van der Waals surface area contributed by atoms with Crippen LogP contribution in [-0.2, 0) is 16.1 Å². The van der Waals surface area contributed by atoms with Crippen LogP contribution in [0.4, 0.5) is 5.69 Å². The van der Waals surface area contributed by atoms with Crippen LogP contribution in [0, 0.1) is 0 Å². The molecule has 35 heavy (non-hydrogen) atoms. The summed E-state index contributed by atoms with van der Waals surface area (Å²) in [5.74, 6) is -0.0730. The standard InChI is InChI=1S/C27H27ClN4O2S/c1-18-7-5-6-14-31(18)25(33)17-30-16-19(22-8-3-4-9-23(22)30)15-24-26(34)32(27(35)29(24)2)21-12-10-20(28)11-13-21/h3-4,8-13,15-16,18H,5-7,14,17H2,1-2H3/b24-15-/t18-/m0/s1. The van der Waals surface area contributed by atoms with Gasteiger partial charge in [-0.3, -0.25) is 14.5 Å². The molecular formula is C27H27ClN4O2S. The Kier molecular flexibility index (Phi) is 6.38. The highest BCUT2D eigenvalue weighted by atomic mass is 35.5. The lowest BCUT2D eigenvalue weighted by atomic mass is 10.0. The van der Waals surface area contributed by atoms with Crippen LogP contribution in [0.3, 0.4) is 0 Å². The Balaban J connectivity index is 1.49. The summed E-state index contributed by atoms with van der Waals surface area (Å²) in [5, 5.41) is 1.98. The minimum absolute atomic E-state index is 0.126. The van der Waals surface area contributed by atoms with Gasteiger partial charge < -0.3 is 14.4 Å². The number of hydrogen-bond acceptors (Lipinski definition) is 3. The molecule has 3 heterocycles. The molecule has 2 aromatic carbocycles. The molecule has 0 saturated carbocycles. The second-order valence-electron chi connectivity index (χ2n) is 9.15. The smallest absolute Gasteiger partial charge is 0.281 e. The Labute approximate surface area is 215 Å². The molecule has 0 unspecified atom stereocenters. The average Bonchev–Trinajstić information content (AvgIpc) is 3.30. The topological polar surface area (TPSA) is 48.8 Å². The first-order chi connectivity index (χ1) is 16.8. The summed E-state index contributed by atoms with van der Waals surface area (Å²) < 4.78 is 1.99. The van der Waals surface area contributed by atoms with E-state index in [2.05, 4.69) is 6.92 Å². The van der Waals surface area contributed by atoms with Crippen LogP contribution in [0.2, 0.25) is 5.02 Å². The first-order valence-corrected chi connectivity index (χ1v) is 12.6. The molecule has 8 heteroatoms. The van der Waals surface area contributed by atoms with Gasteiger partial charge in [0.1, 0.15) is 12.2 Å². The third-order valence-electron chi connectivity index (χ3n) is 6.89. The highest BCUT2D eigenvalue weighted by molar-refractivity contribution is 7.80. The molecule has 0 aliphatic carbocycles. The summed E-state index contributed by atoms with van der Waals surface area (Å²) in [7, 11) is 1.79. The van der Waals surface area contributed by atoms with Gasteiger partial charge in [-0.25, -0.2) is 0 Å². The Bertz CT molecular complexity index is 1350. The van der Waals surface area contributed by atoms with E-state index in [1.54, 1.807) is 36.2 Å². The quantitative estimate of drug-likeness (QED) is 0.356. The first kappa shape index (κ1) is 23.6. The number of carbonyl (C=O) groups is 2. The average molecular weight is 507 g/mol. The van der Waals surface area contributed by atoms with E-state index < -0.39 is 0 Å². The summed E-state index contributed by atoms with van der Waals surface area (Å²) in [4.78, 5) is 31.8. The molecule has 0 radical (unpaired) electrons. The maximum Gasteiger partial charge on any atom is 0.281 e. The van der Waals surface area contributed by atoms with E-state index in [0.717, 1.165) is 35.9 Å². The van der Waals surface area contributed by atoms with E-state index in [1.165, 1.54) is 11.3 Å². The zero-order valence-electron chi connectivity index (χ0n) is 19.8. The van der Waals surface area contributed by atoms with Crippen molar-refractivity contribution in [2.45, 2.75) is 38.8 Å². The zero-order chi connectivity index (χ0) is 24.7. The summed E-state index contributed by atoms with van der Waals surface area (Å²) in [6.45, 7) is 3.21. The highest BCUT2D eigenvalue weighted by Gasteiger charge is 2.37. The highest BCUT2D eigenvalue weighted by Crippen LogP contribution is 2.31. The van der Waals surface area contributed by atoms with Crippen LogP contribution >= 0.6 is 23.8 Å². The Morgan fingerprint density at radius 2 is 1.89 bits per heavy atom. The number of fused-ring (bicyclic) bond motifs is 1. The van der Waals surface area contributed by atoms with Crippen molar-refractivity contribution in [3.8, 4) is 0 Å². The molecule has 0 bridgehead atoms. The van der Waals surface area contributed by atoms with Gasteiger partial charge in [0.15, 0.2) is 5.11 Å². The van der Waals surface area contributed by atoms with Crippen molar-refractivity contribution in [3.05, 3.63) is 71.0 Å². The summed E-state index contributed by atoms with van der Waals surface area (Å²) in [6.07, 6.45) is 7.09. The van der Waals surface area contributed by atoms with E-state index in [-0.39, 0.29) is 24.4 Å². The normalized spacial score (nSPS) is 19.9. The molecule has 2 amide bonds.